The number of amides is 2. The van der Waals surface area contributed by atoms with Crippen molar-refractivity contribution < 1.29 is 22.8 Å². The molecule has 8 heteroatoms. The minimum absolute atomic E-state index is 0.000706. The van der Waals surface area contributed by atoms with Crippen molar-refractivity contribution >= 4 is 23.4 Å². The monoisotopic (exact) mass is 348 g/mol. The standard InChI is InChI=1S/C15H16ClF3N2O2/c16-12-4-1-3-11(9-12)10-13(22)20-5-2-6-21(8-7-20)14(23)15(17,18)19/h1,3-4,9H,2,5-8,10H2. The summed E-state index contributed by atoms with van der Waals surface area (Å²) in [4.78, 5) is 25.8. The highest BCUT2D eigenvalue weighted by atomic mass is 35.5. The molecule has 1 heterocycles. The Kier molecular flexibility index (Phi) is 5.51. The van der Waals surface area contributed by atoms with Crippen LogP contribution >= 0.6 is 11.6 Å². The molecule has 0 aliphatic carbocycles. The van der Waals surface area contributed by atoms with Gasteiger partial charge in [0.15, 0.2) is 0 Å². The number of carbonyl (C=O) groups is 2. The molecule has 1 saturated heterocycles. The molecule has 23 heavy (non-hydrogen) atoms. The van der Waals surface area contributed by atoms with Gasteiger partial charge >= 0.3 is 12.1 Å². The molecule has 1 aliphatic rings. The zero-order valence-corrected chi connectivity index (χ0v) is 13.0. The minimum Gasteiger partial charge on any atom is -0.341 e. The lowest BCUT2D eigenvalue weighted by molar-refractivity contribution is -0.185. The van der Waals surface area contributed by atoms with Crippen molar-refractivity contribution in [3.63, 3.8) is 0 Å². The third kappa shape index (κ3) is 4.86. The molecule has 0 saturated carbocycles. The maximum atomic E-state index is 12.5. The number of benzene rings is 1. The molecule has 0 N–H and O–H groups in total. The first-order chi connectivity index (χ1) is 10.8. The van der Waals surface area contributed by atoms with Crippen molar-refractivity contribution in [3.8, 4) is 0 Å². The average Bonchev–Trinajstić information content (AvgIpc) is 2.71. The lowest BCUT2D eigenvalue weighted by atomic mass is 10.1. The van der Waals surface area contributed by atoms with E-state index in [1.807, 2.05) is 0 Å². The minimum atomic E-state index is -4.88. The second-order valence-corrected chi connectivity index (χ2v) is 5.77. The Morgan fingerprint density at radius 2 is 1.74 bits per heavy atom. The molecule has 0 radical (unpaired) electrons. The Morgan fingerprint density at radius 3 is 2.39 bits per heavy atom. The normalized spacial score (nSPS) is 16.2. The second-order valence-electron chi connectivity index (χ2n) is 5.33. The Bertz CT molecular complexity index is 592. The second kappa shape index (κ2) is 7.21. The third-order valence-corrected chi connectivity index (χ3v) is 3.86. The summed E-state index contributed by atoms with van der Waals surface area (Å²) >= 11 is 5.86. The van der Waals surface area contributed by atoms with E-state index in [4.69, 9.17) is 11.6 Å². The molecular formula is C15H16ClF3N2O2. The van der Waals surface area contributed by atoms with Crippen molar-refractivity contribution in [2.45, 2.75) is 19.0 Å². The zero-order chi connectivity index (χ0) is 17.0. The summed E-state index contributed by atoms with van der Waals surface area (Å²) in [6.45, 7) is 0.321. The Balaban J connectivity index is 1.95. The molecule has 0 aromatic heterocycles. The highest BCUT2D eigenvalue weighted by Gasteiger charge is 2.42. The largest absolute Gasteiger partial charge is 0.471 e. The zero-order valence-electron chi connectivity index (χ0n) is 12.3. The summed E-state index contributed by atoms with van der Waals surface area (Å²) in [6.07, 6.45) is -4.42. The summed E-state index contributed by atoms with van der Waals surface area (Å²) in [5, 5.41) is 0.521. The van der Waals surface area contributed by atoms with Gasteiger partial charge in [0.25, 0.3) is 0 Å². The van der Waals surface area contributed by atoms with Gasteiger partial charge in [-0.05, 0) is 24.1 Å². The number of halogens is 4. The third-order valence-electron chi connectivity index (χ3n) is 3.62. The Morgan fingerprint density at radius 1 is 1.09 bits per heavy atom. The smallest absolute Gasteiger partial charge is 0.341 e. The molecule has 126 valence electrons. The number of alkyl halides is 3. The topological polar surface area (TPSA) is 40.6 Å². The van der Waals surface area contributed by atoms with Gasteiger partial charge in [-0.2, -0.15) is 13.2 Å². The van der Waals surface area contributed by atoms with Crippen molar-refractivity contribution in [1.29, 1.82) is 0 Å². The van der Waals surface area contributed by atoms with Crippen LogP contribution in [-0.4, -0.2) is 54.0 Å². The van der Waals surface area contributed by atoms with Crippen LogP contribution in [0.3, 0.4) is 0 Å². The van der Waals surface area contributed by atoms with Gasteiger partial charge in [-0.3, -0.25) is 9.59 Å². The summed E-state index contributed by atoms with van der Waals surface area (Å²) in [5.74, 6) is -2.03. The maximum absolute atomic E-state index is 12.5. The van der Waals surface area contributed by atoms with Crippen LogP contribution in [0, 0.1) is 0 Å². The van der Waals surface area contributed by atoms with Crippen LogP contribution in [0.2, 0.25) is 5.02 Å². The molecule has 2 amide bonds. The number of hydrogen-bond donors (Lipinski definition) is 0. The molecule has 0 atom stereocenters. The van der Waals surface area contributed by atoms with E-state index in [1.165, 1.54) is 4.90 Å². The van der Waals surface area contributed by atoms with Gasteiger partial charge in [0.2, 0.25) is 5.91 Å². The van der Waals surface area contributed by atoms with Gasteiger partial charge in [-0.1, -0.05) is 23.7 Å². The first-order valence-corrected chi connectivity index (χ1v) is 7.53. The molecule has 1 fully saturated rings. The van der Waals surface area contributed by atoms with Gasteiger partial charge in [0.1, 0.15) is 0 Å². The average molecular weight is 349 g/mol. The van der Waals surface area contributed by atoms with E-state index in [-0.39, 0.29) is 32.0 Å². The van der Waals surface area contributed by atoms with E-state index in [0.29, 0.717) is 18.0 Å². The van der Waals surface area contributed by atoms with Crippen LogP contribution in [0.4, 0.5) is 13.2 Å². The van der Waals surface area contributed by atoms with Crippen molar-refractivity contribution in [1.82, 2.24) is 9.80 Å². The molecule has 0 bridgehead atoms. The highest BCUT2D eigenvalue weighted by Crippen LogP contribution is 2.20. The molecule has 0 spiro atoms. The van der Waals surface area contributed by atoms with Crippen LogP contribution in [0.5, 0.6) is 0 Å². The lowest BCUT2D eigenvalue weighted by Gasteiger charge is -2.23. The molecule has 1 aromatic rings. The summed E-state index contributed by atoms with van der Waals surface area (Å²) < 4.78 is 37.4. The predicted octanol–water partition coefficient (Wildman–Crippen LogP) is 2.51. The number of carbonyl (C=O) groups excluding carboxylic acids is 2. The molecular weight excluding hydrogens is 333 g/mol. The van der Waals surface area contributed by atoms with Crippen LogP contribution in [0.15, 0.2) is 24.3 Å². The maximum Gasteiger partial charge on any atom is 0.471 e. The first-order valence-electron chi connectivity index (χ1n) is 7.15. The van der Waals surface area contributed by atoms with Gasteiger partial charge in [0.05, 0.1) is 6.42 Å². The molecule has 0 unspecified atom stereocenters. The van der Waals surface area contributed by atoms with Crippen LogP contribution in [0.1, 0.15) is 12.0 Å². The molecule has 1 aromatic carbocycles. The lowest BCUT2D eigenvalue weighted by Crippen LogP contribution is -2.43. The van der Waals surface area contributed by atoms with Crippen molar-refractivity contribution in [2.75, 3.05) is 26.2 Å². The SMILES string of the molecule is O=C(Cc1cccc(Cl)c1)N1CCCN(C(=O)C(F)(F)F)CC1. The highest BCUT2D eigenvalue weighted by molar-refractivity contribution is 6.30. The molecule has 1 aliphatic heterocycles. The van der Waals surface area contributed by atoms with E-state index in [0.717, 1.165) is 10.5 Å². The van der Waals surface area contributed by atoms with Gasteiger partial charge in [-0.25, -0.2) is 0 Å². The van der Waals surface area contributed by atoms with E-state index in [9.17, 15) is 22.8 Å². The van der Waals surface area contributed by atoms with Gasteiger partial charge in [0, 0.05) is 31.2 Å². The Labute approximate surface area is 136 Å². The summed E-state index contributed by atoms with van der Waals surface area (Å²) in [5.41, 5.74) is 0.745. The quantitative estimate of drug-likeness (QED) is 0.824. The number of hydrogen-bond acceptors (Lipinski definition) is 2. The summed E-state index contributed by atoms with van der Waals surface area (Å²) in [7, 11) is 0. The van der Waals surface area contributed by atoms with E-state index >= 15 is 0 Å². The Hall–Kier alpha value is -1.76. The van der Waals surface area contributed by atoms with E-state index in [2.05, 4.69) is 0 Å². The van der Waals surface area contributed by atoms with Gasteiger partial charge in [-0.15, -0.1) is 0 Å². The van der Waals surface area contributed by atoms with Gasteiger partial charge < -0.3 is 9.80 Å². The fraction of sp³-hybridized carbons (Fsp3) is 0.467. The fourth-order valence-electron chi connectivity index (χ4n) is 2.48. The predicted molar refractivity (Wildman–Crippen MR) is 79.0 cm³/mol. The van der Waals surface area contributed by atoms with Crippen LogP contribution < -0.4 is 0 Å². The van der Waals surface area contributed by atoms with Crippen LogP contribution in [-0.2, 0) is 16.0 Å². The van der Waals surface area contributed by atoms with E-state index < -0.39 is 12.1 Å². The van der Waals surface area contributed by atoms with Crippen molar-refractivity contribution in [3.05, 3.63) is 34.9 Å². The van der Waals surface area contributed by atoms with Crippen LogP contribution in [0.25, 0.3) is 0 Å². The van der Waals surface area contributed by atoms with E-state index in [1.54, 1.807) is 24.3 Å². The van der Waals surface area contributed by atoms with Crippen molar-refractivity contribution in [2.24, 2.45) is 0 Å². The molecule has 4 nitrogen and oxygen atoms in total. The number of nitrogens with zero attached hydrogens (tertiary/aromatic N) is 2. The molecule has 2 rings (SSSR count). The first kappa shape index (κ1) is 17.6. The number of rotatable bonds is 2. The summed E-state index contributed by atoms with van der Waals surface area (Å²) in [6, 6.07) is 6.87. The fourth-order valence-corrected chi connectivity index (χ4v) is 2.70.